The summed E-state index contributed by atoms with van der Waals surface area (Å²) in [6.45, 7) is 11.7. The van der Waals surface area contributed by atoms with E-state index in [0.29, 0.717) is 51.5 Å². The number of rotatable bonds is 11. The van der Waals surface area contributed by atoms with Gasteiger partial charge in [-0.05, 0) is 61.4 Å². The average Bonchev–Trinajstić information content (AvgIpc) is 3.78. The molecule has 0 aliphatic rings. The van der Waals surface area contributed by atoms with Gasteiger partial charge in [-0.25, -0.2) is 31.9 Å². The maximum absolute atomic E-state index is 14.0. The second-order valence-electron chi connectivity index (χ2n) is 13.7. The largest absolute Gasteiger partial charge is 0.361 e. The van der Waals surface area contributed by atoms with Crippen molar-refractivity contribution < 1.29 is 13.2 Å². The van der Waals surface area contributed by atoms with Crippen molar-refractivity contribution in [1.82, 2.24) is 37.7 Å². The van der Waals surface area contributed by atoms with Crippen LogP contribution in [0.25, 0.3) is 44.4 Å². The summed E-state index contributed by atoms with van der Waals surface area (Å²) < 4.78 is 37.7. The second-order valence-corrected chi connectivity index (χ2v) is 21.2. The first-order valence-electron chi connectivity index (χ1n) is 16.3. The third-order valence-electron chi connectivity index (χ3n) is 8.75. The van der Waals surface area contributed by atoms with Crippen LogP contribution < -0.4 is 10.9 Å². The van der Waals surface area contributed by atoms with Gasteiger partial charge in [0.2, 0.25) is 10.0 Å². The summed E-state index contributed by atoms with van der Waals surface area (Å²) in [4.78, 5) is 27.8. The number of nitrogens with zero attached hydrogens (tertiary/aromatic N) is 8. The molecule has 0 unspecified atom stereocenters. The Morgan fingerprint density at radius 3 is 2.48 bits per heavy atom. The van der Waals surface area contributed by atoms with Gasteiger partial charge in [0.25, 0.3) is 5.56 Å². The lowest BCUT2D eigenvalue weighted by Gasteiger charge is -2.20. The van der Waals surface area contributed by atoms with Crippen molar-refractivity contribution in [3.63, 3.8) is 0 Å². The zero-order chi connectivity index (χ0) is 35.4. The lowest BCUT2D eigenvalue weighted by atomic mass is 10.0. The first kappa shape index (κ1) is 33.4. The minimum Gasteiger partial charge on any atom is -0.361 e. The molecule has 258 valence electrons. The molecule has 0 bridgehead atoms. The Balaban J connectivity index is 1.38. The van der Waals surface area contributed by atoms with Crippen molar-refractivity contribution in [3.8, 4) is 16.8 Å². The fraction of sp³-hybridized carbons (Fsp3) is 0.286. The number of benzene rings is 1. The lowest BCUT2D eigenvalue weighted by molar-refractivity contribution is 0.0899. The number of aryl methyl sites for hydroxylation is 1. The molecule has 50 heavy (non-hydrogen) atoms. The van der Waals surface area contributed by atoms with Crippen molar-refractivity contribution in [2.45, 2.75) is 52.3 Å². The van der Waals surface area contributed by atoms with Crippen molar-refractivity contribution in [2.24, 2.45) is 0 Å². The van der Waals surface area contributed by atoms with Crippen molar-refractivity contribution in [2.75, 3.05) is 18.2 Å². The van der Waals surface area contributed by atoms with Gasteiger partial charge in [-0.2, -0.15) is 5.10 Å². The Morgan fingerprint density at radius 2 is 1.74 bits per heavy atom. The number of nitrogens with one attached hydrogen (secondary N) is 1. The number of hydrogen-bond acceptors (Lipinski definition) is 9. The fourth-order valence-electron chi connectivity index (χ4n) is 6.20. The molecule has 7 aromatic rings. The monoisotopic (exact) mass is 709 g/mol. The molecule has 0 fully saturated rings. The molecule has 6 heterocycles. The molecule has 0 saturated heterocycles. The molecular formula is C35H39N9O4SSi. The van der Waals surface area contributed by atoms with Crippen LogP contribution in [0.15, 0.2) is 84.4 Å². The Kier molecular flexibility index (Phi) is 8.44. The van der Waals surface area contributed by atoms with Crippen LogP contribution in [0.5, 0.6) is 0 Å². The third-order valence-corrected chi connectivity index (χ3v) is 11.5. The quantitative estimate of drug-likeness (QED) is 0.129. The summed E-state index contributed by atoms with van der Waals surface area (Å²) in [5.74, 6) is 1.01. The minimum absolute atomic E-state index is 0.179. The molecule has 1 N–H and O–H groups in total. The Bertz CT molecular complexity index is 2550. The molecule has 6 aromatic heterocycles. The lowest BCUT2D eigenvalue weighted by Crippen LogP contribution is -2.29. The highest BCUT2D eigenvalue weighted by molar-refractivity contribution is 7.89. The minimum atomic E-state index is -3.59. The van der Waals surface area contributed by atoms with Crippen molar-refractivity contribution >= 4 is 51.5 Å². The number of anilines is 1. The number of ether oxygens (including phenoxy) is 1. The zero-order valence-corrected chi connectivity index (χ0v) is 30.6. The van der Waals surface area contributed by atoms with Crippen LogP contribution in [0, 0.1) is 6.92 Å². The number of para-hydroxylation sites is 1. The molecule has 1 aromatic carbocycles. The normalized spacial score (nSPS) is 13.1. The molecule has 0 spiro atoms. The first-order chi connectivity index (χ1) is 23.8. The standard InChI is InChI=1S/C35H39N9O4SSi/c1-23-13-16-42-30(23)35(45)44(25-10-8-7-9-11-25)32(40-42)24(2)39-31-29-28(26-12-15-36-33-27(26)14-17-43(33)49(3,46)47)20-41(34(29)38-21-37-31)22-48-18-19-50(4,5)6/h7-17,20-21,24H,18-19,22H2,1-6H3,(H,37,38,39)/t24-/m0/s1. The van der Waals surface area contributed by atoms with Crippen LogP contribution >= 0.6 is 0 Å². The van der Waals surface area contributed by atoms with Gasteiger partial charge in [0.05, 0.1) is 23.4 Å². The maximum Gasteiger partial charge on any atom is 0.282 e. The number of hydrogen-bond donors (Lipinski definition) is 1. The highest BCUT2D eigenvalue weighted by atomic mass is 32.2. The molecule has 0 aliphatic heterocycles. The fourth-order valence-corrected chi connectivity index (χ4v) is 7.70. The summed E-state index contributed by atoms with van der Waals surface area (Å²) in [5, 5.41) is 9.83. The Morgan fingerprint density at radius 1 is 0.960 bits per heavy atom. The van der Waals surface area contributed by atoms with E-state index in [2.05, 4.69) is 29.9 Å². The maximum atomic E-state index is 14.0. The molecule has 1 atom stereocenters. The topological polar surface area (TPSA) is 143 Å². The van der Waals surface area contributed by atoms with Gasteiger partial charge in [-0.3, -0.25) is 9.36 Å². The van der Waals surface area contributed by atoms with Crippen LogP contribution in [-0.2, 0) is 21.5 Å². The highest BCUT2D eigenvalue weighted by Crippen LogP contribution is 2.38. The Hall–Kier alpha value is -5.12. The molecule has 0 radical (unpaired) electrons. The highest BCUT2D eigenvalue weighted by Gasteiger charge is 2.24. The molecular weight excluding hydrogens is 671 g/mol. The zero-order valence-electron chi connectivity index (χ0n) is 28.8. The van der Waals surface area contributed by atoms with E-state index < -0.39 is 24.1 Å². The molecule has 0 aliphatic carbocycles. The molecule has 13 nitrogen and oxygen atoms in total. The van der Waals surface area contributed by atoms with E-state index in [4.69, 9.17) is 19.8 Å². The third kappa shape index (κ3) is 6.12. The summed E-state index contributed by atoms with van der Waals surface area (Å²) in [6, 6.07) is 15.5. The van der Waals surface area contributed by atoms with Crippen molar-refractivity contribution in [3.05, 3.63) is 101 Å². The summed E-state index contributed by atoms with van der Waals surface area (Å²) in [7, 11) is -4.90. The summed E-state index contributed by atoms with van der Waals surface area (Å²) >= 11 is 0. The van der Waals surface area contributed by atoms with E-state index in [1.165, 1.54) is 16.5 Å². The van der Waals surface area contributed by atoms with Crippen LogP contribution in [0.1, 0.15) is 24.4 Å². The molecule has 7 rings (SSSR count). The predicted molar refractivity (Wildman–Crippen MR) is 198 cm³/mol. The predicted octanol–water partition coefficient (Wildman–Crippen LogP) is 5.85. The molecule has 15 heteroatoms. The van der Waals surface area contributed by atoms with Gasteiger partial charge in [0.1, 0.15) is 30.0 Å². The van der Waals surface area contributed by atoms with Gasteiger partial charge < -0.3 is 14.6 Å². The number of aromatic nitrogens is 8. The van der Waals surface area contributed by atoms with Gasteiger partial charge in [0.15, 0.2) is 11.5 Å². The molecule has 0 amide bonds. The SMILES string of the molecule is Cc1ccn2nc([C@H](C)Nc3ncnc4c3c(-c3ccnc5c3ccn5S(C)(=O)=O)cn4COCC[Si](C)(C)C)n(-c3ccccc3)c(=O)c12. The smallest absolute Gasteiger partial charge is 0.282 e. The number of fused-ring (bicyclic) bond motifs is 3. The van der Waals surface area contributed by atoms with Crippen LogP contribution in [-0.4, -0.2) is 67.0 Å². The van der Waals surface area contributed by atoms with E-state index in [1.807, 2.05) is 67.1 Å². The van der Waals surface area contributed by atoms with Gasteiger partial charge in [-0.1, -0.05) is 37.8 Å². The number of pyridine rings is 1. The summed E-state index contributed by atoms with van der Waals surface area (Å²) in [6.07, 6.45) is 9.51. The van der Waals surface area contributed by atoms with Crippen LogP contribution in [0.2, 0.25) is 25.7 Å². The van der Waals surface area contributed by atoms with E-state index in [0.717, 1.165) is 29.0 Å². The van der Waals surface area contributed by atoms with Crippen LogP contribution in [0.3, 0.4) is 0 Å². The average molecular weight is 710 g/mol. The van der Waals surface area contributed by atoms with Gasteiger partial charge >= 0.3 is 0 Å². The van der Waals surface area contributed by atoms with E-state index in [1.54, 1.807) is 27.5 Å². The first-order valence-corrected chi connectivity index (χ1v) is 21.9. The van der Waals surface area contributed by atoms with E-state index in [9.17, 15) is 13.2 Å². The van der Waals surface area contributed by atoms with Gasteiger partial charge in [0, 0.05) is 50.4 Å². The molecule has 0 saturated carbocycles. The van der Waals surface area contributed by atoms with Crippen LogP contribution in [0.4, 0.5) is 5.82 Å². The second kappa shape index (κ2) is 12.6. The van der Waals surface area contributed by atoms with Gasteiger partial charge in [-0.15, -0.1) is 0 Å². The Labute approximate surface area is 290 Å². The van der Waals surface area contributed by atoms with E-state index in [-0.39, 0.29) is 12.3 Å². The summed E-state index contributed by atoms with van der Waals surface area (Å²) in [5.41, 5.74) is 4.35. The van der Waals surface area contributed by atoms with E-state index >= 15 is 0 Å². The van der Waals surface area contributed by atoms with Crippen molar-refractivity contribution in [1.29, 1.82) is 0 Å².